The molecule has 0 saturated carbocycles. The van der Waals surface area contributed by atoms with Gasteiger partial charge in [-0.3, -0.25) is 0 Å². The highest BCUT2D eigenvalue weighted by molar-refractivity contribution is 5.49. The zero-order valence-corrected chi connectivity index (χ0v) is 9.50. The van der Waals surface area contributed by atoms with E-state index in [0.29, 0.717) is 23.9 Å². The van der Waals surface area contributed by atoms with E-state index in [9.17, 15) is 0 Å². The van der Waals surface area contributed by atoms with Gasteiger partial charge in [0, 0.05) is 18.5 Å². The number of methoxy groups -OCH3 is 1. The van der Waals surface area contributed by atoms with Gasteiger partial charge in [-0.1, -0.05) is 0 Å². The Morgan fingerprint density at radius 3 is 2.59 bits per heavy atom. The van der Waals surface area contributed by atoms with Crippen molar-refractivity contribution in [3.8, 4) is 17.4 Å². The number of nitrogens with zero attached hydrogens (tertiary/aromatic N) is 4. The molecule has 2 rings (SSSR count). The van der Waals surface area contributed by atoms with Gasteiger partial charge in [-0.05, 0) is 18.5 Å². The SMILES string of the molecule is COc1cc(-c2ncc(CCN)cn2)ncn1. The van der Waals surface area contributed by atoms with Gasteiger partial charge < -0.3 is 10.5 Å². The van der Waals surface area contributed by atoms with Gasteiger partial charge in [-0.15, -0.1) is 0 Å². The minimum Gasteiger partial charge on any atom is -0.481 e. The van der Waals surface area contributed by atoms with Gasteiger partial charge in [0.25, 0.3) is 0 Å². The van der Waals surface area contributed by atoms with Crippen molar-refractivity contribution in [2.24, 2.45) is 5.73 Å². The Morgan fingerprint density at radius 2 is 1.94 bits per heavy atom. The molecule has 88 valence electrons. The molecule has 0 aliphatic rings. The predicted molar refractivity (Wildman–Crippen MR) is 62.4 cm³/mol. The summed E-state index contributed by atoms with van der Waals surface area (Å²) in [5.74, 6) is 1.04. The maximum Gasteiger partial charge on any atom is 0.216 e. The molecule has 17 heavy (non-hydrogen) atoms. The van der Waals surface area contributed by atoms with E-state index >= 15 is 0 Å². The topological polar surface area (TPSA) is 86.8 Å². The van der Waals surface area contributed by atoms with E-state index < -0.39 is 0 Å². The van der Waals surface area contributed by atoms with Gasteiger partial charge in [0.15, 0.2) is 5.82 Å². The Morgan fingerprint density at radius 1 is 1.18 bits per heavy atom. The molecule has 0 spiro atoms. The zero-order chi connectivity index (χ0) is 12.1. The van der Waals surface area contributed by atoms with Crippen LogP contribution in [0.4, 0.5) is 0 Å². The molecule has 2 aromatic heterocycles. The van der Waals surface area contributed by atoms with Crippen molar-refractivity contribution in [2.45, 2.75) is 6.42 Å². The molecule has 0 fully saturated rings. The van der Waals surface area contributed by atoms with Crippen LogP contribution in [0.25, 0.3) is 11.5 Å². The molecule has 0 aliphatic heterocycles. The third-order valence-corrected chi connectivity index (χ3v) is 2.22. The molecule has 2 heterocycles. The van der Waals surface area contributed by atoms with Crippen molar-refractivity contribution >= 4 is 0 Å². The lowest BCUT2D eigenvalue weighted by Gasteiger charge is -2.02. The average molecular weight is 231 g/mol. The Bertz CT molecular complexity index is 485. The lowest BCUT2D eigenvalue weighted by Crippen LogP contribution is -2.04. The summed E-state index contributed by atoms with van der Waals surface area (Å²) >= 11 is 0. The van der Waals surface area contributed by atoms with E-state index in [-0.39, 0.29) is 0 Å². The normalized spacial score (nSPS) is 10.2. The van der Waals surface area contributed by atoms with E-state index in [1.807, 2.05) is 0 Å². The highest BCUT2D eigenvalue weighted by Crippen LogP contribution is 2.15. The second-order valence-electron chi connectivity index (χ2n) is 3.40. The third-order valence-electron chi connectivity index (χ3n) is 2.22. The van der Waals surface area contributed by atoms with Crippen LogP contribution in [0.1, 0.15) is 5.56 Å². The first-order chi connectivity index (χ1) is 8.33. The molecule has 6 nitrogen and oxygen atoms in total. The maximum absolute atomic E-state index is 5.45. The van der Waals surface area contributed by atoms with E-state index in [0.717, 1.165) is 12.0 Å². The van der Waals surface area contributed by atoms with Gasteiger partial charge in [0.1, 0.15) is 12.0 Å². The van der Waals surface area contributed by atoms with E-state index in [1.165, 1.54) is 6.33 Å². The lowest BCUT2D eigenvalue weighted by molar-refractivity contribution is 0.397. The summed E-state index contributed by atoms with van der Waals surface area (Å²) in [6.45, 7) is 0.587. The summed E-state index contributed by atoms with van der Waals surface area (Å²) in [5, 5.41) is 0. The number of ether oxygens (including phenoxy) is 1. The predicted octanol–water partition coefficient (Wildman–Crippen LogP) is 0.443. The summed E-state index contributed by atoms with van der Waals surface area (Å²) in [6.07, 6.45) is 5.70. The van der Waals surface area contributed by atoms with Crippen LogP contribution >= 0.6 is 0 Å². The highest BCUT2D eigenvalue weighted by atomic mass is 16.5. The smallest absolute Gasteiger partial charge is 0.216 e. The van der Waals surface area contributed by atoms with Crippen molar-refractivity contribution in [3.05, 3.63) is 30.4 Å². The Labute approximate surface area is 98.9 Å². The molecule has 0 unspecified atom stereocenters. The fraction of sp³-hybridized carbons (Fsp3) is 0.273. The van der Waals surface area contributed by atoms with Gasteiger partial charge in [-0.25, -0.2) is 19.9 Å². The fourth-order valence-electron chi connectivity index (χ4n) is 1.36. The minimum absolute atomic E-state index is 0.490. The summed E-state index contributed by atoms with van der Waals surface area (Å²) in [7, 11) is 1.55. The van der Waals surface area contributed by atoms with Crippen LogP contribution in [-0.4, -0.2) is 33.6 Å². The number of hydrogen-bond donors (Lipinski definition) is 1. The van der Waals surface area contributed by atoms with Gasteiger partial charge in [-0.2, -0.15) is 0 Å². The Balaban J connectivity index is 2.26. The van der Waals surface area contributed by atoms with Crippen LogP contribution in [0, 0.1) is 0 Å². The van der Waals surface area contributed by atoms with Crippen molar-refractivity contribution in [1.29, 1.82) is 0 Å². The number of aromatic nitrogens is 4. The fourth-order valence-corrected chi connectivity index (χ4v) is 1.36. The van der Waals surface area contributed by atoms with Gasteiger partial charge >= 0.3 is 0 Å². The Kier molecular flexibility index (Phi) is 3.56. The molecule has 2 N–H and O–H groups in total. The van der Waals surface area contributed by atoms with Crippen molar-refractivity contribution in [1.82, 2.24) is 19.9 Å². The summed E-state index contributed by atoms with van der Waals surface area (Å²) in [4.78, 5) is 16.5. The van der Waals surface area contributed by atoms with Crippen molar-refractivity contribution in [3.63, 3.8) is 0 Å². The largest absolute Gasteiger partial charge is 0.481 e. The molecule has 0 saturated heterocycles. The number of hydrogen-bond acceptors (Lipinski definition) is 6. The maximum atomic E-state index is 5.45. The molecule has 2 aromatic rings. The molecular formula is C11H13N5O. The summed E-state index contributed by atoms with van der Waals surface area (Å²) < 4.78 is 5.02. The van der Waals surface area contributed by atoms with Gasteiger partial charge in [0.05, 0.1) is 7.11 Å². The molecular weight excluding hydrogens is 218 g/mol. The van der Waals surface area contributed by atoms with E-state index in [4.69, 9.17) is 10.5 Å². The summed E-state index contributed by atoms with van der Waals surface area (Å²) in [6, 6.07) is 1.69. The lowest BCUT2D eigenvalue weighted by atomic mass is 10.2. The first kappa shape index (κ1) is 11.4. The van der Waals surface area contributed by atoms with Crippen LogP contribution in [0.3, 0.4) is 0 Å². The van der Waals surface area contributed by atoms with Crippen LogP contribution < -0.4 is 10.5 Å². The quantitative estimate of drug-likeness (QED) is 0.821. The number of nitrogens with two attached hydrogens (primary N) is 1. The molecule has 0 amide bonds. The zero-order valence-electron chi connectivity index (χ0n) is 9.50. The van der Waals surface area contributed by atoms with Crippen LogP contribution in [-0.2, 0) is 6.42 Å². The second kappa shape index (κ2) is 5.31. The summed E-state index contributed by atoms with van der Waals surface area (Å²) in [5.41, 5.74) is 7.10. The van der Waals surface area contributed by atoms with Crippen molar-refractivity contribution in [2.75, 3.05) is 13.7 Å². The highest BCUT2D eigenvalue weighted by Gasteiger charge is 2.05. The monoisotopic (exact) mass is 231 g/mol. The van der Waals surface area contributed by atoms with Crippen LogP contribution in [0.5, 0.6) is 5.88 Å². The standard InChI is InChI=1S/C11H13N5O/c1-17-10-4-9(15-7-16-10)11-13-5-8(2-3-12)6-14-11/h4-7H,2-3,12H2,1H3. The molecule has 0 bridgehead atoms. The first-order valence-electron chi connectivity index (χ1n) is 5.21. The molecule has 0 aliphatic carbocycles. The molecule has 0 aromatic carbocycles. The Hall–Kier alpha value is -2.08. The van der Waals surface area contributed by atoms with Crippen LogP contribution in [0.2, 0.25) is 0 Å². The van der Waals surface area contributed by atoms with E-state index in [1.54, 1.807) is 25.6 Å². The second-order valence-corrected chi connectivity index (χ2v) is 3.40. The molecule has 0 radical (unpaired) electrons. The van der Waals surface area contributed by atoms with E-state index in [2.05, 4.69) is 19.9 Å². The first-order valence-corrected chi connectivity index (χ1v) is 5.21. The van der Waals surface area contributed by atoms with Crippen molar-refractivity contribution < 1.29 is 4.74 Å². The van der Waals surface area contributed by atoms with Crippen LogP contribution in [0.15, 0.2) is 24.8 Å². The third kappa shape index (κ3) is 2.73. The molecule has 6 heteroatoms. The average Bonchev–Trinajstić information content (AvgIpc) is 2.40. The minimum atomic E-state index is 0.490. The van der Waals surface area contributed by atoms with Gasteiger partial charge in [0.2, 0.25) is 5.88 Å². The number of rotatable bonds is 4. The molecule has 0 atom stereocenters.